The second kappa shape index (κ2) is 7.83. The molecule has 1 unspecified atom stereocenters. The van der Waals surface area contributed by atoms with E-state index in [4.69, 9.17) is 19.2 Å². The monoisotopic (exact) mass is 423 g/mol. The molecule has 162 valence electrons. The number of hydrogen-bond acceptors (Lipinski definition) is 8. The first-order chi connectivity index (χ1) is 15.0. The lowest BCUT2D eigenvalue weighted by atomic mass is 10.1. The third-order valence-electron chi connectivity index (χ3n) is 5.95. The number of hydrogen-bond donors (Lipinski definition) is 1. The highest BCUT2D eigenvalue weighted by Gasteiger charge is 2.30. The van der Waals surface area contributed by atoms with E-state index >= 15 is 0 Å². The van der Waals surface area contributed by atoms with Crippen molar-refractivity contribution >= 4 is 22.7 Å². The molecule has 0 amide bonds. The molecule has 2 aliphatic rings. The SMILES string of the molecule is C[C@H]1COCC1Oc1nn(C)cc1Nc1ncc2cc(C#N)n([C@H]3COC[C@@H]3C)c2n1. The van der Waals surface area contributed by atoms with Crippen molar-refractivity contribution in [3.63, 3.8) is 0 Å². The van der Waals surface area contributed by atoms with Crippen LogP contribution in [0.1, 0.15) is 25.6 Å². The number of aryl methyl sites for hydroxylation is 1. The highest BCUT2D eigenvalue weighted by Crippen LogP contribution is 2.33. The van der Waals surface area contributed by atoms with Crippen LogP contribution in [0.15, 0.2) is 18.5 Å². The molecule has 2 aliphatic heterocycles. The number of rotatable bonds is 5. The summed E-state index contributed by atoms with van der Waals surface area (Å²) in [4.78, 5) is 9.17. The molecule has 10 heteroatoms. The van der Waals surface area contributed by atoms with Gasteiger partial charge in [0, 0.05) is 30.5 Å². The molecule has 0 saturated carbocycles. The summed E-state index contributed by atoms with van der Waals surface area (Å²) in [5, 5.41) is 18.1. The van der Waals surface area contributed by atoms with Crippen LogP contribution in [0.2, 0.25) is 0 Å². The normalized spacial score (nSPS) is 25.7. The summed E-state index contributed by atoms with van der Waals surface area (Å²) >= 11 is 0. The Hall–Kier alpha value is -3.16. The third kappa shape index (κ3) is 3.60. The molecule has 5 rings (SSSR count). The third-order valence-corrected chi connectivity index (χ3v) is 5.95. The average Bonchev–Trinajstić information content (AvgIpc) is 3.50. The molecule has 0 radical (unpaired) electrons. The van der Waals surface area contributed by atoms with Crippen molar-refractivity contribution in [1.29, 1.82) is 5.26 Å². The number of nitriles is 1. The van der Waals surface area contributed by atoms with Crippen molar-refractivity contribution in [3.05, 3.63) is 24.2 Å². The predicted octanol–water partition coefficient (Wildman–Crippen LogP) is 2.40. The second-order valence-electron chi connectivity index (χ2n) is 8.38. The lowest BCUT2D eigenvalue weighted by Crippen LogP contribution is -2.23. The Morgan fingerprint density at radius 2 is 2.00 bits per heavy atom. The van der Waals surface area contributed by atoms with Crippen LogP contribution in [0.4, 0.5) is 11.6 Å². The molecule has 0 aliphatic carbocycles. The predicted molar refractivity (Wildman–Crippen MR) is 112 cm³/mol. The molecule has 3 aromatic heterocycles. The Bertz CT molecular complexity index is 1150. The van der Waals surface area contributed by atoms with Gasteiger partial charge in [0.1, 0.15) is 29.2 Å². The van der Waals surface area contributed by atoms with Crippen LogP contribution in [0, 0.1) is 23.2 Å². The average molecular weight is 423 g/mol. The fraction of sp³-hybridized carbons (Fsp3) is 0.524. The molecule has 0 bridgehead atoms. The van der Waals surface area contributed by atoms with Gasteiger partial charge >= 0.3 is 0 Å². The van der Waals surface area contributed by atoms with E-state index in [1.54, 1.807) is 10.9 Å². The highest BCUT2D eigenvalue weighted by atomic mass is 16.6. The molecule has 2 saturated heterocycles. The van der Waals surface area contributed by atoms with Gasteiger partial charge in [-0.05, 0) is 6.07 Å². The Kier molecular flexibility index (Phi) is 5.00. The van der Waals surface area contributed by atoms with Crippen LogP contribution < -0.4 is 10.1 Å². The van der Waals surface area contributed by atoms with Gasteiger partial charge in [0.25, 0.3) is 5.88 Å². The van der Waals surface area contributed by atoms with Crippen LogP contribution in [0.3, 0.4) is 0 Å². The van der Waals surface area contributed by atoms with Crippen LogP contribution in [-0.4, -0.2) is 56.8 Å². The van der Waals surface area contributed by atoms with Crippen molar-refractivity contribution in [1.82, 2.24) is 24.3 Å². The summed E-state index contributed by atoms with van der Waals surface area (Å²) in [6.45, 7) is 6.68. The summed E-state index contributed by atoms with van der Waals surface area (Å²) < 4.78 is 20.9. The lowest BCUT2D eigenvalue weighted by molar-refractivity contribution is 0.134. The molecular formula is C21H25N7O3. The van der Waals surface area contributed by atoms with Crippen molar-refractivity contribution in [3.8, 4) is 11.9 Å². The summed E-state index contributed by atoms with van der Waals surface area (Å²) in [6.07, 6.45) is 3.51. The Labute approximate surface area is 179 Å². The van der Waals surface area contributed by atoms with Gasteiger partial charge in [-0.15, -0.1) is 5.10 Å². The van der Waals surface area contributed by atoms with E-state index in [-0.39, 0.29) is 12.1 Å². The number of aromatic nitrogens is 5. The van der Waals surface area contributed by atoms with Crippen LogP contribution in [-0.2, 0) is 16.5 Å². The largest absolute Gasteiger partial charge is 0.469 e. The molecule has 10 nitrogen and oxygen atoms in total. The number of nitrogens with zero attached hydrogens (tertiary/aromatic N) is 6. The van der Waals surface area contributed by atoms with Gasteiger partial charge in [-0.2, -0.15) is 10.2 Å². The first-order valence-corrected chi connectivity index (χ1v) is 10.4. The van der Waals surface area contributed by atoms with Crippen molar-refractivity contribution < 1.29 is 14.2 Å². The van der Waals surface area contributed by atoms with E-state index in [1.165, 1.54) is 0 Å². The zero-order valence-corrected chi connectivity index (χ0v) is 17.8. The van der Waals surface area contributed by atoms with Crippen molar-refractivity contribution in [2.45, 2.75) is 26.0 Å². The fourth-order valence-corrected chi connectivity index (χ4v) is 4.17. The summed E-state index contributed by atoms with van der Waals surface area (Å²) in [5.74, 6) is 1.49. The standard InChI is InChI=1S/C21H25N7O3/c1-12-8-29-10-17(12)28-15(5-22)4-14-6-23-21(25-19(14)28)24-16-7-27(3)26-20(16)31-18-11-30-9-13(18)2/h4,6-7,12-13,17-18H,8-11H2,1-3H3,(H,23,24,25)/t12-,13-,17-,18?/m0/s1. The minimum atomic E-state index is -0.0434. The molecule has 5 heterocycles. The van der Waals surface area contributed by atoms with Gasteiger partial charge in [0.2, 0.25) is 5.95 Å². The summed E-state index contributed by atoms with van der Waals surface area (Å²) in [5.41, 5.74) is 1.95. The first kappa shape index (κ1) is 19.8. The Balaban J connectivity index is 1.47. The molecule has 1 N–H and O–H groups in total. The quantitative estimate of drug-likeness (QED) is 0.666. The summed E-state index contributed by atoms with van der Waals surface area (Å²) in [7, 11) is 1.84. The van der Waals surface area contributed by atoms with E-state index in [0.29, 0.717) is 67.1 Å². The molecule has 0 aromatic carbocycles. The van der Waals surface area contributed by atoms with Gasteiger partial charge in [-0.25, -0.2) is 4.98 Å². The number of ether oxygens (including phenoxy) is 3. The molecule has 2 fully saturated rings. The molecule has 0 spiro atoms. The topological polar surface area (TPSA) is 112 Å². The maximum atomic E-state index is 9.65. The van der Waals surface area contributed by atoms with Crippen LogP contribution in [0.5, 0.6) is 5.88 Å². The van der Waals surface area contributed by atoms with Gasteiger partial charge in [0.15, 0.2) is 0 Å². The van der Waals surface area contributed by atoms with Crippen LogP contribution in [0.25, 0.3) is 11.0 Å². The van der Waals surface area contributed by atoms with Gasteiger partial charge in [0.05, 0.1) is 38.7 Å². The Morgan fingerprint density at radius 1 is 1.19 bits per heavy atom. The van der Waals surface area contributed by atoms with Crippen LogP contribution >= 0.6 is 0 Å². The zero-order valence-electron chi connectivity index (χ0n) is 17.8. The van der Waals surface area contributed by atoms with E-state index in [1.807, 2.05) is 23.9 Å². The second-order valence-corrected chi connectivity index (χ2v) is 8.38. The molecular weight excluding hydrogens is 398 g/mol. The van der Waals surface area contributed by atoms with Gasteiger partial charge in [-0.3, -0.25) is 4.68 Å². The maximum absolute atomic E-state index is 9.65. The smallest absolute Gasteiger partial charge is 0.257 e. The maximum Gasteiger partial charge on any atom is 0.257 e. The molecule has 3 aromatic rings. The number of nitrogens with one attached hydrogen (secondary N) is 1. The fourth-order valence-electron chi connectivity index (χ4n) is 4.17. The number of fused-ring (bicyclic) bond motifs is 1. The Morgan fingerprint density at radius 3 is 2.71 bits per heavy atom. The minimum Gasteiger partial charge on any atom is -0.469 e. The van der Waals surface area contributed by atoms with E-state index in [2.05, 4.69) is 35.3 Å². The van der Waals surface area contributed by atoms with E-state index in [9.17, 15) is 5.26 Å². The number of anilines is 2. The summed E-state index contributed by atoms with van der Waals surface area (Å²) in [6, 6.07) is 4.17. The zero-order chi connectivity index (χ0) is 21.5. The van der Waals surface area contributed by atoms with Crippen molar-refractivity contribution in [2.75, 3.05) is 31.7 Å². The van der Waals surface area contributed by atoms with Crippen molar-refractivity contribution in [2.24, 2.45) is 18.9 Å². The van der Waals surface area contributed by atoms with Gasteiger partial charge < -0.3 is 24.1 Å². The highest BCUT2D eigenvalue weighted by molar-refractivity contribution is 5.79. The lowest BCUT2D eigenvalue weighted by Gasteiger charge is -2.18. The van der Waals surface area contributed by atoms with Gasteiger partial charge in [-0.1, -0.05) is 13.8 Å². The minimum absolute atomic E-state index is 0.0434. The molecule has 4 atom stereocenters. The first-order valence-electron chi connectivity index (χ1n) is 10.4. The van der Waals surface area contributed by atoms with E-state index in [0.717, 1.165) is 5.39 Å². The molecule has 31 heavy (non-hydrogen) atoms. The van der Waals surface area contributed by atoms with E-state index < -0.39 is 0 Å².